The summed E-state index contributed by atoms with van der Waals surface area (Å²) in [6, 6.07) is 3.31. The number of aryl methyl sites for hydroxylation is 1. The number of aromatic nitrogens is 3. The van der Waals surface area contributed by atoms with Crippen LogP contribution in [0.15, 0.2) is 23.1 Å². The summed E-state index contributed by atoms with van der Waals surface area (Å²) in [6.45, 7) is 0. The third-order valence-corrected chi connectivity index (χ3v) is 2.05. The molecule has 2 heterocycles. The fourth-order valence-electron chi connectivity index (χ4n) is 1.30. The van der Waals surface area contributed by atoms with Gasteiger partial charge >= 0.3 is 5.97 Å². The van der Waals surface area contributed by atoms with Gasteiger partial charge in [0.15, 0.2) is 5.65 Å². The summed E-state index contributed by atoms with van der Waals surface area (Å²) >= 11 is 0. The average Bonchev–Trinajstić information content (AvgIpc) is 2.23. The van der Waals surface area contributed by atoms with Crippen LogP contribution in [0.2, 0.25) is 0 Å². The molecule has 2 rings (SSSR count). The molecule has 0 fully saturated rings. The second-order valence-electron chi connectivity index (χ2n) is 2.98. The van der Waals surface area contributed by atoms with Gasteiger partial charge in [0.05, 0.1) is 5.52 Å². The van der Waals surface area contributed by atoms with Gasteiger partial charge < -0.3 is 9.67 Å². The van der Waals surface area contributed by atoms with E-state index < -0.39 is 17.2 Å². The topological polar surface area (TPSA) is 85.1 Å². The molecule has 76 valence electrons. The molecule has 0 aliphatic heterocycles. The second-order valence-corrected chi connectivity index (χ2v) is 2.98. The first-order valence-corrected chi connectivity index (χ1v) is 4.16. The zero-order valence-corrected chi connectivity index (χ0v) is 7.84. The van der Waals surface area contributed by atoms with E-state index in [2.05, 4.69) is 9.97 Å². The van der Waals surface area contributed by atoms with Crippen LogP contribution in [-0.2, 0) is 7.05 Å². The van der Waals surface area contributed by atoms with Crippen LogP contribution in [0.3, 0.4) is 0 Å². The molecule has 0 aliphatic rings. The molecule has 0 radical (unpaired) electrons. The van der Waals surface area contributed by atoms with Crippen molar-refractivity contribution in [3.05, 3.63) is 34.4 Å². The van der Waals surface area contributed by atoms with E-state index in [4.69, 9.17) is 5.11 Å². The van der Waals surface area contributed by atoms with E-state index in [0.29, 0.717) is 5.52 Å². The molecule has 0 saturated carbocycles. The molecule has 0 aliphatic carbocycles. The van der Waals surface area contributed by atoms with Crippen molar-refractivity contribution in [1.29, 1.82) is 0 Å². The maximum atomic E-state index is 11.5. The summed E-state index contributed by atoms with van der Waals surface area (Å²) in [4.78, 5) is 29.8. The number of carbonyl (C=O) groups is 1. The summed E-state index contributed by atoms with van der Waals surface area (Å²) in [5, 5.41) is 8.75. The lowest BCUT2D eigenvalue weighted by Gasteiger charge is -2.03. The molecule has 0 aromatic carbocycles. The Morgan fingerprint density at radius 3 is 2.93 bits per heavy atom. The highest BCUT2D eigenvalue weighted by molar-refractivity contribution is 5.87. The lowest BCUT2D eigenvalue weighted by molar-refractivity contribution is 0.0688. The minimum Gasteiger partial charge on any atom is -0.476 e. The predicted octanol–water partition coefficient (Wildman–Crippen LogP) is 0.0267. The zero-order valence-electron chi connectivity index (χ0n) is 7.84. The first-order valence-electron chi connectivity index (χ1n) is 4.16. The molecule has 1 N–H and O–H groups in total. The molecule has 15 heavy (non-hydrogen) atoms. The third-order valence-electron chi connectivity index (χ3n) is 2.05. The van der Waals surface area contributed by atoms with E-state index in [1.54, 1.807) is 12.1 Å². The number of carboxylic acid groups (broad SMARTS) is 1. The first-order chi connectivity index (χ1) is 7.11. The van der Waals surface area contributed by atoms with Crippen molar-refractivity contribution >= 4 is 17.1 Å². The van der Waals surface area contributed by atoms with Crippen molar-refractivity contribution < 1.29 is 9.90 Å². The predicted molar refractivity (Wildman–Crippen MR) is 51.7 cm³/mol. The van der Waals surface area contributed by atoms with E-state index in [1.807, 2.05) is 0 Å². The van der Waals surface area contributed by atoms with Crippen LogP contribution in [0.4, 0.5) is 0 Å². The fraction of sp³-hybridized carbons (Fsp3) is 0.111. The number of aromatic carboxylic acids is 1. The normalized spacial score (nSPS) is 10.5. The maximum absolute atomic E-state index is 11.5. The summed E-state index contributed by atoms with van der Waals surface area (Å²) < 4.78 is 1.22. The fourth-order valence-corrected chi connectivity index (χ4v) is 1.30. The SMILES string of the molecule is Cn1c(=O)c(C(=O)O)nc2ncccc21. The van der Waals surface area contributed by atoms with Gasteiger partial charge in [-0.1, -0.05) is 0 Å². The van der Waals surface area contributed by atoms with Crippen LogP contribution in [0.1, 0.15) is 10.5 Å². The molecule has 2 aromatic rings. The zero-order chi connectivity index (χ0) is 11.0. The van der Waals surface area contributed by atoms with Crippen LogP contribution >= 0.6 is 0 Å². The highest BCUT2D eigenvalue weighted by Crippen LogP contribution is 2.04. The number of fused-ring (bicyclic) bond motifs is 1. The van der Waals surface area contributed by atoms with Gasteiger partial charge in [-0.2, -0.15) is 0 Å². The van der Waals surface area contributed by atoms with E-state index in [-0.39, 0.29) is 5.65 Å². The Morgan fingerprint density at radius 2 is 2.27 bits per heavy atom. The van der Waals surface area contributed by atoms with Crippen molar-refractivity contribution in [2.45, 2.75) is 0 Å². The Hall–Kier alpha value is -2.24. The Labute approximate surface area is 83.8 Å². The smallest absolute Gasteiger partial charge is 0.360 e. The number of hydrogen-bond donors (Lipinski definition) is 1. The molecular formula is C9H7N3O3. The third kappa shape index (κ3) is 1.35. The van der Waals surface area contributed by atoms with Gasteiger partial charge in [-0.05, 0) is 12.1 Å². The molecule has 0 saturated heterocycles. The molecule has 6 heteroatoms. The van der Waals surface area contributed by atoms with Crippen molar-refractivity contribution in [3.8, 4) is 0 Å². The summed E-state index contributed by atoms with van der Waals surface area (Å²) in [5.74, 6) is -1.34. The van der Waals surface area contributed by atoms with E-state index in [1.165, 1.54) is 17.8 Å². The van der Waals surface area contributed by atoms with Gasteiger partial charge in [0.25, 0.3) is 5.56 Å². The van der Waals surface area contributed by atoms with Crippen LogP contribution in [0.5, 0.6) is 0 Å². The molecule has 0 atom stereocenters. The number of pyridine rings is 1. The summed E-state index contributed by atoms with van der Waals surface area (Å²) in [5.41, 5.74) is -0.392. The highest BCUT2D eigenvalue weighted by atomic mass is 16.4. The molecule has 0 bridgehead atoms. The highest BCUT2D eigenvalue weighted by Gasteiger charge is 2.14. The number of nitrogens with zero attached hydrogens (tertiary/aromatic N) is 3. The summed E-state index contributed by atoms with van der Waals surface area (Å²) in [7, 11) is 1.49. The minimum absolute atomic E-state index is 0.247. The Morgan fingerprint density at radius 1 is 1.53 bits per heavy atom. The standard InChI is InChI=1S/C9H7N3O3/c1-12-5-3-2-4-10-7(5)11-6(8(12)13)9(14)15/h2-4H,1H3,(H,14,15). The van der Waals surface area contributed by atoms with Crippen molar-refractivity contribution in [3.63, 3.8) is 0 Å². The minimum atomic E-state index is -1.34. The van der Waals surface area contributed by atoms with E-state index >= 15 is 0 Å². The Kier molecular flexibility index (Phi) is 1.96. The van der Waals surface area contributed by atoms with E-state index in [0.717, 1.165) is 0 Å². The average molecular weight is 205 g/mol. The van der Waals surface area contributed by atoms with E-state index in [9.17, 15) is 9.59 Å². The number of rotatable bonds is 1. The number of hydrogen-bond acceptors (Lipinski definition) is 4. The van der Waals surface area contributed by atoms with Crippen LogP contribution < -0.4 is 5.56 Å². The monoisotopic (exact) mass is 205 g/mol. The first kappa shape index (κ1) is 9.32. The molecule has 0 amide bonds. The van der Waals surface area contributed by atoms with Crippen molar-refractivity contribution in [2.24, 2.45) is 7.05 Å². The molecule has 2 aromatic heterocycles. The van der Waals surface area contributed by atoms with Gasteiger partial charge in [0, 0.05) is 13.2 Å². The Balaban J connectivity index is 2.95. The van der Waals surface area contributed by atoms with Crippen LogP contribution in [0.25, 0.3) is 11.2 Å². The lowest BCUT2D eigenvalue weighted by atomic mass is 10.3. The van der Waals surface area contributed by atoms with Crippen LogP contribution in [-0.4, -0.2) is 25.6 Å². The maximum Gasteiger partial charge on any atom is 0.360 e. The Bertz CT molecular complexity index is 603. The molecule has 6 nitrogen and oxygen atoms in total. The van der Waals surface area contributed by atoms with Gasteiger partial charge in [-0.15, -0.1) is 0 Å². The molecule has 0 spiro atoms. The van der Waals surface area contributed by atoms with Crippen molar-refractivity contribution in [1.82, 2.24) is 14.5 Å². The van der Waals surface area contributed by atoms with Gasteiger partial charge in [-0.25, -0.2) is 14.8 Å². The van der Waals surface area contributed by atoms with Gasteiger partial charge in [0.1, 0.15) is 0 Å². The molecule has 0 unspecified atom stereocenters. The quantitative estimate of drug-likeness (QED) is 0.709. The largest absolute Gasteiger partial charge is 0.476 e. The van der Waals surface area contributed by atoms with Crippen LogP contribution in [0, 0.1) is 0 Å². The summed E-state index contributed by atoms with van der Waals surface area (Å²) in [6.07, 6.45) is 1.49. The number of carboxylic acids is 1. The molecular weight excluding hydrogens is 198 g/mol. The van der Waals surface area contributed by atoms with Gasteiger partial charge in [-0.3, -0.25) is 4.79 Å². The second kappa shape index (κ2) is 3.16. The lowest BCUT2D eigenvalue weighted by Crippen LogP contribution is -2.26. The van der Waals surface area contributed by atoms with Gasteiger partial charge in [0.2, 0.25) is 5.69 Å². The van der Waals surface area contributed by atoms with Crippen molar-refractivity contribution in [2.75, 3.05) is 0 Å².